The van der Waals surface area contributed by atoms with Crippen LogP contribution in [0.1, 0.15) is 38.5 Å². The second-order valence-electron chi connectivity index (χ2n) is 6.02. The Labute approximate surface area is 98.1 Å². The van der Waals surface area contributed by atoms with Crippen LogP contribution in [-0.2, 0) is 0 Å². The van der Waals surface area contributed by atoms with Gasteiger partial charge in [-0.05, 0) is 67.8 Å². The Kier molecular flexibility index (Phi) is 1.94. The summed E-state index contributed by atoms with van der Waals surface area (Å²) in [6.45, 7) is 0. The molecule has 0 spiro atoms. The van der Waals surface area contributed by atoms with Crippen molar-refractivity contribution in [2.24, 2.45) is 23.7 Å². The van der Waals surface area contributed by atoms with Crippen molar-refractivity contribution >= 4 is 0 Å². The van der Waals surface area contributed by atoms with Crippen LogP contribution in [0.25, 0.3) is 0 Å². The average Bonchev–Trinajstić information content (AvgIpc) is 2.36. The van der Waals surface area contributed by atoms with Crippen LogP contribution in [0.4, 0.5) is 0 Å². The van der Waals surface area contributed by atoms with Crippen LogP contribution >= 0.6 is 0 Å². The Hall–Kier alpha value is -0.780. The SMILES string of the molecule is C1=CC2CCC3CCCC4=C3C2C(C=C4)C1. The smallest absolute Gasteiger partial charge is 0.00656 e. The number of hydrogen-bond donors (Lipinski definition) is 0. The zero-order chi connectivity index (χ0) is 10.5. The molecule has 0 saturated heterocycles. The normalized spacial score (nSPS) is 44.5. The molecular weight excluding hydrogens is 192 g/mol. The van der Waals surface area contributed by atoms with Gasteiger partial charge in [-0.25, -0.2) is 0 Å². The molecule has 4 rings (SSSR count). The summed E-state index contributed by atoms with van der Waals surface area (Å²) in [6.07, 6.45) is 18.4. The Morgan fingerprint density at radius 2 is 2.00 bits per heavy atom. The Morgan fingerprint density at radius 1 is 1.00 bits per heavy atom. The standard InChI is InChI=1S/C16H20/c1-3-11-7-9-13-5-2-6-14-10-8-12(4-1)15(11)16(13)14/h1,3,8,10-13,15H,2,4-7,9H2. The molecule has 4 atom stereocenters. The Morgan fingerprint density at radius 3 is 3.00 bits per heavy atom. The maximum absolute atomic E-state index is 2.52. The van der Waals surface area contributed by atoms with E-state index in [1.165, 1.54) is 38.5 Å². The summed E-state index contributed by atoms with van der Waals surface area (Å²) in [4.78, 5) is 0. The molecule has 4 unspecified atom stereocenters. The summed E-state index contributed by atoms with van der Waals surface area (Å²) >= 11 is 0. The second-order valence-corrected chi connectivity index (χ2v) is 6.02. The van der Waals surface area contributed by atoms with Gasteiger partial charge in [-0.3, -0.25) is 0 Å². The van der Waals surface area contributed by atoms with Crippen LogP contribution in [0, 0.1) is 23.7 Å². The molecule has 1 fully saturated rings. The van der Waals surface area contributed by atoms with E-state index in [4.69, 9.17) is 0 Å². The van der Waals surface area contributed by atoms with E-state index in [0.717, 1.165) is 23.7 Å². The molecule has 1 saturated carbocycles. The van der Waals surface area contributed by atoms with Gasteiger partial charge in [-0.2, -0.15) is 0 Å². The lowest BCUT2D eigenvalue weighted by molar-refractivity contribution is 0.217. The quantitative estimate of drug-likeness (QED) is 0.526. The van der Waals surface area contributed by atoms with E-state index in [-0.39, 0.29) is 0 Å². The minimum Gasteiger partial charge on any atom is -0.0876 e. The first-order chi connectivity index (χ1) is 7.93. The van der Waals surface area contributed by atoms with Gasteiger partial charge in [0.15, 0.2) is 0 Å². The van der Waals surface area contributed by atoms with Gasteiger partial charge in [-0.15, -0.1) is 0 Å². The third kappa shape index (κ3) is 1.16. The third-order valence-corrected chi connectivity index (χ3v) is 5.28. The summed E-state index contributed by atoms with van der Waals surface area (Å²) in [7, 11) is 0. The van der Waals surface area contributed by atoms with Crippen LogP contribution in [-0.4, -0.2) is 0 Å². The first-order valence-corrected chi connectivity index (χ1v) is 7.01. The van der Waals surface area contributed by atoms with Gasteiger partial charge in [0.05, 0.1) is 0 Å². The minimum atomic E-state index is 0.842. The lowest BCUT2D eigenvalue weighted by Crippen LogP contribution is -2.37. The van der Waals surface area contributed by atoms with Crippen LogP contribution < -0.4 is 0 Å². The number of hydrogen-bond acceptors (Lipinski definition) is 0. The number of allylic oxidation sites excluding steroid dienone is 6. The molecule has 4 aliphatic carbocycles. The zero-order valence-corrected chi connectivity index (χ0v) is 9.86. The largest absolute Gasteiger partial charge is 0.0876 e. The number of rotatable bonds is 0. The fourth-order valence-electron chi connectivity index (χ4n) is 4.63. The summed E-state index contributed by atoms with van der Waals surface area (Å²) in [5.41, 5.74) is 3.64. The molecule has 0 bridgehead atoms. The minimum absolute atomic E-state index is 0.842. The van der Waals surface area contributed by atoms with Gasteiger partial charge in [0, 0.05) is 0 Å². The van der Waals surface area contributed by atoms with Gasteiger partial charge in [-0.1, -0.05) is 29.9 Å². The molecule has 0 heteroatoms. The highest BCUT2D eigenvalue weighted by Gasteiger charge is 2.42. The summed E-state index contributed by atoms with van der Waals surface area (Å²) in [5.74, 6) is 3.59. The van der Waals surface area contributed by atoms with Crippen molar-refractivity contribution in [1.82, 2.24) is 0 Å². The van der Waals surface area contributed by atoms with E-state index in [1.54, 1.807) is 5.57 Å². The summed E-state index contributed by atoms with van der Waals surface area (Å²) in [6, 6.07) is 0. The highest BCUT2D eigenvalue weighted by molar-refractivity contribution is 5.39. The fraction of sp³-hybridized carbons (Fsp3) is 0.625. The van der Waals surface area contributed by atoms with E-state index in [1.807, 2.05) is 5.57 Å². The first kappa shape index (κ1) is 9.27. The van der Waals surface area contributed by atoms with Gasteiger partial charge >= 0.3 is 0 Å². The Balaban J connectivity index is 1.85. The van der Waals surface area contributed by atoms with Crippen molar-refractivity contribution < 1.29 is 0 Å². The van der Waals surface area contributed by atoms with E-state index >= 15 is 0 Å². The van der Waals surface area contributed by atoms with Crippen molar-refractivity contribution in [2.45, 2.75) is 38.5 Å². The molecule has 0 heterocycles. The lowest BCUT2D eigenvalue weighted by atomic mass is 9.57. The third-order valence-electron chi connectivity index (χ3n) is 5.28. The van der Waals surface area contributed by atoms with E-state index in [9.17, 15) is 0 Å². The van der Waals surface area contributed by atoms with E-state index in [0.29, 0.717) is 0 Å². The van der Waals surface area contributed by atoms with Crippen molar-refractivity contribution in [3.05, 3.63) is 35.5 Å². The monoisotopic (exact) mass is 212 g/mol. The lowest BCUT2D eigenvalue weighted by Gasteiger charge is -2.47. The van der Waals surface area contributed by atoms with Crippen LogP contribution in [0.5, 0.6) is 0 Å². The fourth-order valence-corrected chi connectivity index (χ4v) is 4.63. The van der Waals surface area contributed by atoms with Gasteiger partial charge in [0.1, 0.15) is 0 Å². The topological polar surface area (TPSA) is 0 Å². The van der Waals surface area contributed by atoms with Crippen LogP contribution in [0.3, 0.4) is 0 Å². The van der Waals surface area contributed by atoms with E-state index < -0.39 is 0 Å². The molecular formula is C16H20. The summed E-state index contributed by atoms with van der Waals surface area (Å²) in [5, 5.41) is 0. The summed E-state index contributed by atoms with van der Waals surface area (Å²) < 4.78 is 0. The maximum Gasteiger partial charge on any atom is -0.00656 e. The molecule has 0 aromatic carbocycles. The van der Waals surface area contributed by atoms with Crippen LogP contribution in [0.2, 0.25) is 0 Å². The highest BCUT2D eigenvalue weighted by atomic mass is 14.5. The zero-order valence-electron chi connectivity index (χ0n) is 9.86. The molecule has 4 aliphatic rings. The van der Waals surface area contributed by atoms with Crippen molar-refractivity contribution in [3.63, 3.8) is 0 Å². The van der Waals surface area contributed by atoms with Crippen molar-refractivity contribution in [2.75, 3.05) is 0 Å². The molecule has 0 radical (unpaired) electrons. The van der Waals surface area contributed by atoms with Crippen LogP contribution in [0.15, 0.2) is 35.5 Å². The molecule has 0 amide bonds. The molecule has 16 heavy (non-hydrogen) atoms. The molecule has 0 aromatic heterocycles. The molecule has 0 aromatic rings. The average molecular weight is 212 g/mol. The van der Waals surface area contributed by atoms with E-state index in [2.05, 4.69) is 24.3 Å². The van der Waals surface area contributed by atoms with Crippen molar-refractivity contribution in [1.29, 1.82) is 0 Å². The van der Waals surface area contributed by atoms with Gasteiger partial charge < -0.3 is 0 Å². The highest BCUT2D eigenvalue weighted by Crippen LogP contribution is 2.53. The Bertz CT molecular complexity index is 396. The second kappa shape index (κ2) is 3.35. The maximum atomic E-state index is 2.52. The first-order valence-electron chi connectivity index (χ1n) is 7.01. The molecule has 0 aliphatic heterocycles. The predicted molar refractivity (Wildman–Crippen MR) is 67.0 cm³/mol. The van der Waals surface area contributed by atoms with Crippen molar-refractivity contribution in [3.8, 4) is 0 Å². The molecule has 0 nitrogen and oxygen atoms in total. The van der Waals surface area contributed by atoms with Gasteiger partial charge in [0.2, 0.25) is 0 Å². The van der Waals surface area contributed by atoms with Gasteiger partial charge in [0.25, 0.3) is 0 Å². The molecule has 0 N–H and O–H groups in total. The molecule has 84 valence electrons. The predicted octanol–water partition coefficient (Wildman–Crippen LogP) is 4.26.